The largest absolute Gasteiger partial charge is 0.369 e. The Morgan fingerprint density at radius 2 is 2.13 bits per heavy atom. The number of benzene rings is 1. The second-order valence-corrected chi connectivity index (χ2v) is 7.28. The van der Waals surface area contributed by atoms with Crippen LogP contribution in [0, 0.1) is 6.92 Å². The van der Waals surface area contributed by atoms with Gasteiger partial charge < -0.3 is 9.80 Å². The van der Waals surface area contributed by atoms with E-state index >= 15 is 0 Å². The molecule has 2 aliphatic rings. The summed E-state index contributed by atoms with van der Waals surface area (Å²) in [5.74, 6) is -0.306. The Morgan fingerprint density at radius 3 is 2.74 bits per heavy atom. The van der Waals surface area contributed by atoms with Crippen molar-refractivity contribution in [3.63, 3.8) is 0 Å². The third-order valence-electron chi connectivity index (χ3n) is 4.35. The van der Waals surface area contributed by atoms with E-state index in [1.54, 1.807) is 0 Å². The summed E-state index contributed by atoms with van der Waals surface area (Å²) in [5.41, 5.74) is 3.26. The number of hydrogen-bond donors (Lipinski definition) is 1. The van der Waals surface area contributed by atoms with Crippen LogP contribution in [0.15, 0.2) is 23.1 Å². The number of nitrogens with one attached hydrogen (secondary N) is 1. The molecule has 1 unspecified atom stereocenters. The van der Waals surface area contributed by atoms with Crippen LogP contribution in [0.3, 0.4) is 0 Å². The molecule has 0 bridgehead atoms. The molecule has 0 radical (unpaired) electrons. The van der Waals surface area contributed by atoms with E-state index in [4.69, 9.17) is 0 Å². The molecule has 2 aliphatic heterocycles. The van der Waals surface area contributed by atoms with Gasteiger partial charge in [-0.15, -0.1) is 0 Å². The highest BCUT2D eigenvalue weighted by Crippen LogP contribution is 2.32. The van der Waals surface area contributed by atoms with Gasteiger partial charge in [-0.3, -0.25) is 14.9 Å². The number of anilines is 1. The number of hydrogen-bond acceptors (Lipinski definition) is 5. The predicted octanol–water partition coefficient (Wildman–Crippen LogP) is 2.46. The Balaban J connectivity index is 1.92. The third-order valence-corrected chi connectivity index (χ3v) is 5.16. The van der Waals surface area contributed by atoms with Gasteiger partial charge in [0.15, 0.2) is 0 Å². The highest BCUT2D eigenvalue weighted by Gasteiger charge is 2.28. The van der Waals surface area contributed by atoms with Crippen molar-refractivity contribution in [2.24, 2.45) is 0 Å². The molecule has 2 amide bonds. The Morgan fingerprint density at radius 1 is 1.35 bits per heavy atom. The number of imide groups is 1. The molecule has 1 atom stereocenters. The minimum atomic E-state index is -0.306. The highest BCUT2D eigenvalue weighted by molar-refractivity contribution is 8.18. The fourth-order valence-electron chi connectivity index (χ4n) is 3.02. The molecule has 5 nitrogen and oxygen atoms in total. The standard InChI is InChI=1S/C17H21N3O2S/c1-11-4-5-14(20-7-6-13(10-20)19(2)3)12(8-11)9-15-16(21)18-17(22)23-15/h4-5,8-9,13H,6-7,10H2,1-3H3,(H,18,21,22). The number of carbonyl (C=O) groups is 2. The van der Waals surface area contributed by atoms with Crippen LogP contribution in [0.25, 0.3) is 6.08 Å². The molecule has 6 heteroatoms. The van der Waals surface area contributed by atoms with E-state index in [-0.39, 0.29) is 11.1 Å². The van der Waals surface area contributed by atoms with E-state index in [1.807, 2.05) is 13.0 Å². The Kier molecular flexibility index (Phi) is 4.46. The van der Waals surface area contributed by atoms with E-state index < -0.39 is 0 Å². The van der Waals surface area contributed by atoms with E-state index in [0.717, 1.165) is 48.1 Å². The van der Waals surface area contributed by atoms with E-state index in [9.17, 15) is 9.59 Å². The molecule has 1 aromatic rings. The van der Waals surface area contributed by atoms with Crippen molar-refractivity contribution >= 4 is 34.7 Å². The van der Waals surface area contributed by atoms with Crippen LogP contribution < -0.4 is 10.2 Å². The molecule has 0 aromatic heterocycles. The van der Waals surface area contributed by atoms with Crippen molar-refractivity contribution < 1.29 is 9.59 Å². The van der Waals surface area contributed by atoms with Gasteiger partial charge in [0.1, 0.15) is 0 Å². The van der Waals surface area contributed by atoms with Gasteiger partial charge in [0, 0.05) is 24.8 Å². The van der Waals surface area contributed by atoms with Crippen LogP contribution >= 0.6 is 11.8 Å². The minimum absolute atomic E-state index is 0.302. The molecule has 1 N–H and O–H groups in total. The number of aryl methyl sites for hydroxylation is 1. The fourth-order valence-corrected chi connectivity index (χ4v) is 3.70. The zero-order chi connectivity index (χ0) is 16.6. The van der Waals surface area contributed by atoms with Crippen LogP contribution in [0.2, 0.25) is 0 Å². The van der Waals surface area contributed by atoms with Crippen LogP contribution in [0.4, 0.5) is 10.5 Å². The van der Waals surface area contributed by atoms with Crippen LogP contribution in [0.5, 0.6) is 0 Å². The molecule has 1 aromatic carbocycles. The summed E-state index contributed by atoms with van der Waals surface area (Å²) >= 11 is 0.966. The monoisotopic (exact) mass is 331 g/mol. The van der Waals surface area contributed by atoms with Gasteiger partial charge in [-0.2, -0.15) is 0 Å². The fraction of sp³-hybridized carbons (Fsp3) is 0.412. The maximum atomic E-state index is 11.8. The van der Waals surface area contributed by atoms with E-state index in [1.165, 1.54) is 0 Å². The van der Waals surface area contributed by atoms with Gasteiger partial charge in [-0.25, -0.2) is 0 Å². The van der Waals surface area contributed by atoms with E-state index in [2.05, 4.69) is 47.4 Å². The minimum Gasteiger partial charge on any atom is -0.369 e. The molecule has 23 heavy (non-hydrogen) atoms. The predicted molar refractivity (Wildman–Crippen MR) is 94.6 cm³/mol. The van der Waals surface area contributed by atoms with Gasteiger partial charge >= 0.3 is 0 Å². The zero-order valence-corrected chi connectivity index (χ0v) is 14.4. The Bertz CT molecular complexity index is 684. The van der Waals surface area contributed by atoms with Crippen LogP contribution in [-0.2, 0) is 4.79 Å². The van der Waals surface area contributed by atoms with Gasteiger partial charge in [0.05, 0.1) is 4.91 Å². The lowest BCUT2D eigenvalue weighted by molar-refractivity contribution is -0.115. The summed E-state index contributed by atoms with van der Waals surface area (Å²) in [7, 11) is 4.22. The van der Waals surface area contributed by atoms with Crippen LogP contribution in [0.1, 0.15) is 17.5 Å². The summed E-state index contributed by atoms with van der Waals surface area (Å²) in [6.07, 6.45) is 2.96. The summed E-state index contributed by atoms with van der Waals surface area (Å²) in [4.78, 5) is 28.2. The molecule has 122 valence electrons. The Labute approximate surface area is 140 Å². The molecule has 0 spiro atoms. The molecule has 2 heterocycles. The van der Waals surface area contributed by atoms with Gasteiger partial charge in [-0.05, 0) is 63.0 Å². The number of rotatable bonds is 3. The molecule has 2 saturated heterocycles. The molecule has 0 aliphatic carbocycles. The summed E-state index contributed by atoms with van der Waals surface area (Å²) in [5, 5.41) is 2.01. The summed E-state index contributed by atoms with van der Waals surface area (Å²) in [6, 6.07) is 6.82. The highest BCUT2D eigenvalue weighted by atomic mass is 32.2. The summed E-state index contributed by atoms with van der Waals surface area (Å²) < 4.78 is 0. The molecular formula is C17H21N3O2S. The summed E-state index contributed by atoms with van der Waals surface area (Å²) in [6.45, 7) is 4.01. The lowest BCUT2D eigenvalue weighted by atomic mass is 10.1. The first kappa shape index (κ1) is 16.1. The van der Waals surface area contributed by atoms with Crippen molar-refractivity contribution in [1.29, 1.82) is 0 Å². The number of carbonyl (C=O) groups excluding carboxylic acids is 2. The van der Waals surface area contributed by atoms with Gasteiger partial charge in [0.25, 0.3) is 11.1 Å². The quantitative estimate of drug-likeness (QED) is 0.862. The Hall–Kier alpha value is -1.79. The second kappa shape index (κ2) is 6.37. The van der Waals surface area contributed by atoms with Crippen molar-refractivity contribution in [3.8, 4) is 0 Å². The first-order valence-corrected chi connectivity index (χ1v) is 8.52. The number of thioether (sulfide) groups is 1. The molecule has 3 rings (SSSR count). The second-order valence-electron chi connectivity index (χ2n) is 6.27. The van der Waals surface area contributed by atoms with E-state index in [0.29, 0.717) is 10.9 Å². The normalized spacial score (nSPS) is 23.2. The first-order valence-electron chi connectivity index (χ1n) is 7.71. The van der Waals surface area contributed by atoms with Crippen molar-refractivity contribution in [1.82, 2.24) is 10.2 Å². The zero-order valence-electron chi connectivity index (χ0n) is 13.6. The van der Waals surface area contributed by atoms with Crippen molar-refractivity contribution in [3.05, 3.63) is 34.2 Å². The average Bonchev–Trinajstić information content (AvgIpc) is 3.07. The first-order chi connectivity index (χ1) is 10.9. The van der Waals surface area contributed by atoms with Gasteiger partial charge in [0.2, 0.25) is 0 Å². The maximum absolute atomic E-state index is 11.8. The van der Waals surface area contributed by atoms with Crippen LogP contribution in [-0.4, -0.2) is 49.3 Å². The smallest absolute Gasteiger partial charge is 0.290 e. The third kappa shape index (κ3) is 3.43. The number of nitrogens with zero attached hydrogens (tertiary/aromatic N) is 2. The lowest BCUT2D eigenvalue weighted by Crippen LogP contribution is -2.31. The lowest BCUT2D eigenvalue weighted by Gasteiger charge is -2.23. The van der Waals surface area contributed by atoms with Gasteiger partial charge in [-0.1, -0.05) is 11.6 Å². The van der Waals surface area contributed by atoms with Crippen molar-refractivity contribution in [2.45, 2.75) is 19.4 Å². The SMILES string of the molecule is Cc1ccc(N2CCC(N(C)C)C2)c(C=C2SC(=O)NC2=O)c1. The molecule has 0 saturated carbocycles. The number of amides is 2. The van der Waals surface area contributed by atoms with Crippen molar-refractivity contribution in [2.75, 3.05) is 32.1 Å². The number of likely N-dealkylation sites (N-methyl/N-ethyl adjacent to an activating group) is 1. The molecule has 2 fully saturated rings. The topological polar surface area (TPSA) is 52.6 Å². The molecular weight excluding hydrogens is 310 g/mol. The maximum Gasteiger partial charge on any atom is 0.290 e. The average molecular weight is 331 g/mol.